The number of aryl methyl sites for hydroxylation is 1. The highest BCUT2D eigenvalue weighted by Gasteiger charge is 2.29. The molecule has 140 valence electrons. The van der Waals surface area contributed by atoms with Gasteiger partial charge in [0.15, 0.2) is 0 Å². The molecule has 1 N–H and O–H groups in total. The summed E-state index contributed by atoms with van der Waals surface area (Å²) in [5, 5.41) is 3.13. The van der Waals surface area contributed by atoms with Crippen LogP contribution in [-0.4, -0.2) is 74.2 Å². The van der Waals surface area contributed by atoms with Gasteiger partial charge in [-0.15, -0.1) is 0 Å². The second-order valence-corrected chi connectivity index (χ2v) is 6.33. The molecule has 26 heavy (non-hydrogen) atoms. The monoisotopic (exact) mass is 359 g/mol. The molecule has 0 atom stereocenters. The summed E-state index contributed by atoms with van der Waals surface area (Å²) in [5.41, 5.74) is 2.06. The van der Waals surface area contributed by atoms with Crippen LogP contribution < -0.4 is 5.32 Å². The van der Waals surface area contributed by atoms with Crippen LogP contribution in [0.5, 0.6) is 0 Å². The third-order valence-corrected chi connectivity index (χ3v) is 4.57. The summed E-state index contributed by atoms with van der Waals surface area (Å²) in [5.74, 6) is -0.517. The van der Waals surface area contributed by atoms with Gasteiger partial charge in [-0.1, -0.05) is 18.2 Å². The van der Waals surface area contributed by atoms with Crippen LogP contribution in [0, 0.1) is 6.92 Å². The maximum absolute atomic E-state index is 13.0. The Hall–Kier alpha value is -2.38. The van der Waals surface area contributed by atoms with E-state index < -0.39 is 0 Å². The van der Waals surface area contributed by atoms with Gasteiger partial charge in [-0.3, -0.25) is 9.59 Å². The molecule has 2 aliphatic rings. The summed E-state index contributed by atoms with van der Waals surface area (Å²) < 4.78 is 10.6. The number of benzene rings is 1. The molecule has 0 aromatic heterocycles. The van der Waals surface area contributed by atoms with Crippen LogP contribution in [0.25, 0.3) is 0 Å². The number of hydrogen-bond donors (Lipinski definition) is 1. The topological polar surface area (TPSA) is 71.1 Å². The number of nitrogens with one attached hydrogen (secondary N) is 1. The summed E-state index contributed by atoms with van der Waals surface area (Å²) in [6.45, 7) is 5.95. The molecule has 7 heteroatoms. The number of carbonyl (C=O) groups is 2. The molecule has 0 saturated carbocycles. The van der Waals surface area contributed by atoms with Crippen molar-refractivity contribution in [2.45, 2.75) is 6.92 Å². The van der Waals surface area contributed by atoms with Gasteiger partial charge in [0.25, 0.3) is 11.8 Å². The minimum atomic E-state index is -0.258. The zero-order valence-electron chi connectivity index (χ0n) is 15.1. The lowest BCUT2D eigenvalue weighted by molar-refractivity contribution is -0.138. The fraction of sp³-hybridized carbons (Fsp3) is 0.474. The number of amides is 2. The first-order valence-corrected chi connectivity index (χ1v) is 8.93. The molecular formula is C19H25N3O4. The van der Waals surface area contributed by atoms with Crippen LogP contribution >= 0.6 is 0 Å². The van der Waals surface area contributed by atoms with Gasteiger partial charge in [0.05, 0.1) is 26.4 Å². The van der Waals surface area contributed by atoms with Gasteiger partial charge in [0.2, 0.25) is 0 Å². The highest BCUT2D eigenvalue weighted by molar-refractivity contribution is 6.18. The molecule has 0 bridgehead atoms. The van der Waals surface area contributed by atoms with E-state index in [1.807, 2.05) is 31.2 Å². The molecule has 2 heterocycles. The highest BCUT2D eigenvalue weighted by atomic mass is 16.5. The molecule has 2 aliphatic heterocycles. The Morgan fingerprint density at radius 2 is 1.42 bits per heavy atom. The van der Waals surface area contributed by atoms with E-state index in [1.54, 1.807) is 9.80 Å². The van der Waals surface area contributed by atoms with Crippen molar-refractivity contribution in [1.29, 1.82) is 0 Å². The zero-order chi connectivity index (χ0) is 18.4. The number of rotatable bonds is 4. The lowest BCUT2D eigenvalue weighted by Crippen LogP contribution is -2.47. The Labute approximate surface area is 153 Å². The van der Waals surface area contributed by atoms with Gasteiger partial charge in [-0.2, -0.15) is 0 Å². The average molecular weight is 359 g/mol. The van der Waals surface area contributed by atoms with Crippen LogP contribution in [0.1, 0.15) is 5.56 Å². The highest BCUT2D eigenvalue weighted by Crippen LogP contribution is 2.16. The number of para-hydroxylation sites is 1. The predicted molar refractivity (Wildman–Crippen MR) is 97.7 cm³/mol. The Kier molecular flexibility index (Phi) is 6.25. The minimum Gasteiger partial charge on any atom is -0.378 e. The van der Waals surface area contributed by atoms with Crippen LogP contribution in [0.4, 0.5) is 5.69 Å². The van der Waals surface area contributed by atoms with Crippen molar-refractivity contribution >= 4 is 17.5 Å². The smallest absolute Gasteiger partial charge is 0.261 e. The molecule has 0 aliphatic carbocycles. The van der Waals surface area contributed by atoms with Crippen molar-refractivity contribution < 1.29 is 19.1 Å². The van der Waals surface area contributed by atoms with Gasteiger partial charge in [-0.05, 0) is 18.6 Å². The van der Waals surface area contributed by atoms with Crippen molar-refractivity contribution in [3.05, 3.63) is 41.6 Å². The largest absolute Gasteiger partial charge is 0.378 e. The second-order valence-electron chi connectivity index (χ2n) is 6.33. The first kappa shape index (κ1) is 18.4. The molecule has 1 aromatic carbocycles. The standard InChI is InChI=1S/C19H25N3O4/c1-15-4-2-3-5-17(15)20-14-16(18(23)21-6-10-25-11-7-21)19(24)22-8-12-26-13-9-22/h2-5,14,20H,6-13H2,1H3. The molecule has 2 saturated heterocycles. The van der Waals surface area contributed by atoms with E-state index in [1.165, 1.54) is 6.20 Å². The van der Waals surface area contributed by atoms with Gasteiger partial charge < -0.3 is 24.6 Å². The maximum atomic E-state index is 13.0. The molecule has 0 spiro atoms. The van der Waals surface area contributed by atoms with Gasteiger partial charge in [0.1, 0.15) is 5.57 Å². The number of nitrogens with zero attached hydrogens (tertiary/aromatic N) is 2. The number of ether oxygens (including phenoxy) is 2. The Bertz CT molecular complexity index is 645. The van der Waals surface area contributed by atoms with E-state index >= 15 is 0 Å². The van der Waals surface area contributed by atoms with E-state index in [-0.39, 0.29) is 17.4 Å². The van der Waals surface area contributed by atoms with Crippen molar-refractivity contribution in [2.75, 3.05) is 57.9 Å². The SMILES string of the molecule is Cc1ccccc1NC=C(C(=O)N1CCOCC1)C(=O)N1CCOCC1. The summed E-state index contributed by atoms with van der Waals surface area (Å²) in [7, 11) is 0. The van der Waals surface area contributed by atoms with Gasteiger partial charge in [-0.25, -0.2) is 0 Å². The molecular weight excluding hydrogens is 334 g/mol. The Morgan fingerprint density at radius 1 is 0.923 bits per heavy atom. The second kappa shape index (κ2) is 8.82. The fourth-order valence-corrected chi connectivity index (χ4v) is 2.97. The van der Waals surface area contributed by atoms with Crippen molar-refractivity contribution in [3.63, 3.8) is 0 Å². The van der Waals surface area contributed by atoms with Crippen molar-refractivity contribution in [1.82, 2.24) is 9.80 Å². The summed E-state index contributed by atoms with van der Waals surface area (Å²) in [4.78, 5) is 29.3. The molecule has 2 fully saturated rings. The van der Waals surface area contributed by atoms with E-state index in [0.717, 1.165) is 11.3 Å². The first-order valence-electron chi connectivity index (χ1n) is 8.93. The van der Waals surface area contributed by atoms with Gasteiger partial charge >= 0.3 is 0 Å². The lowest BCUT2D eigenvalue weighted by atomic mass is 10.1. The lowest BCUT2D eigenvalue weighted by Gasteiger charge is -2.31. The van der Waals surface area contributed by atoms with E-state index in [0.29, 0.717) is 52.6 Å². The van der Waals surface area contributed by atoms with Crippen molar-refractivity contribution in [3.8, 4) is 0 Å². The van der Waals surface area contributed by atoms with Crippen LogP contribution in [0.2, 0.25) is 0 Å². The Balaban J connectivity index is 1.82. The summed E-state index contributed by atoms with van der Waals surface area (Å²) in [6.07, 6.45) is 1.54. The third kappa shape index (κ3) is 4.42. The van der Waals surface area contributed by atoms with Crippen molar-refractivity contribution in [2.24, 2.45) is 0 Å². The quantitative estimate of drug-likeness (QED) is 0.494. The molecule has 2 amide bonds. The van der Waals surface area contributed by atoms with Gasteiger partial charge in [0, 0.05) is 38.1 Å². The number of morpholine rings is 2. The normalized spacial score (nSPS) is 17.6. The molecule has 3 rings (SSSR count). The molecule has 0 unspecified atom stereocenters. The molecule has 7 nitrogen and oxygen atoms in total. The van der Waals surface area contributed by atoms with E-state index in [4.69, 9.17) is 9.47 Å². The van der Waals surface area contributed by atoms with Crippen LogP contribution in [-0.2, 0) is 19.1 Å². The number of carbonyl (C=O) groups excluding carboxylic acids is 2. The third-order valence-electron chi connectivity index (χ3n) is 4.57. The number of anilines is 1. The maximum Gasteiger partial charge on any atom is 0.261 e. The zero-order valence-corrected chi connectivity index (χ0v) is 15.1. The van der Waals surface area contributed by atoms with E-state index in [9.17, 15) is 9.59 Å². The van der Waals surface area contributed by atoms with Crippen LogP contribution in [0.3, 0.4) is 0 Å². The minimum absolute atomic E-state index is 0.150. The average Bonchev–Trinajstić information content (AvgIpc) is 2.70. The number of hydrogen-bond acceptors (Lipinski definition) is 5. The fourth-order valence-electron chi connectivity index (χ4n) is 2.97. The predicted octanol–water partition coefficient (Wildman–Crippen LogP) is 1.01. The van der Waals surface area contributed by atoms with E-state index in [2.05, 4.69) is 5.32 Å². The first-order chi connectivity index (χ1) is 12.7. The summed E-state index contributed by atoms with van der Waals surface area (Å²) in [6, 6.07) is 7.75. The molecule has 0 radical (unpaired) electrons. The summed E-state index contributed by atoms with van der Waals surface area (Å²) >= 11 is 0. The van der Waals surface area contributed by atoms with Crippen LogP contribution in [0.15, 0.2) is 36.0 Å². The molecule has 1 aromatic rings. The Morgan fingerprint density at radius 3 is 1.92 bits per heavy atom.